The number of likely N-dealkylation sites (N-methyl/N-ethyl adjacent to an activating group) is 1. The van der Waals surface area contributed by atoms with Crippen molar-refractivity contribution in [2.75, 3.05) is 18.6 Å². The summed E-state index contributed by atoms with van der Waals surface area (Å²) in [5.74, 6) is 0. The molecule has 0 atom stereocenters. The lowest BCUT2D eigenvalue weighted by Gasteiger charge is -2.36. The Kier molecular flexibility index (Phi) is 2.87. The van der Waals surface area contributed by atoms with Crippen LogP contribution in [0.25, 0.3) is 10.9 Å². The molecule has 0 saturated heterocycles. The van der Waals surface area contributed by atoms with Crippen LogP contribution in [0.15, 0.2) is 24.3 Å². The van der Waals surface area contributed by atoms with Crippen molar-refractivity contribution in [1.29, 1.82) is 0 Å². The first-order valence-electron chi connectivity index (χ1n) is 5.89. The fourth-order valence-electron chi connectivity index (χ4n) is 2.10. The van der Waals surface area contributed by atoms with Gasteiger partial charge in [-0.1, -0.05) is 18.2 Å². The molecule has 0 saturated carbocycles. The van der Waals surface area contributed by atoms with Crippen molar-refractivity contribution in [3.05, 3.63) is 30.0 Å². The van der Waals surface area contributed by atoms with Crippen LogP contribution in [0.3, 0.4) is 0 Å². The van der Waals surface area contributed by atoms with Crippen molar-refractivity contribution < 1.29 is 5.11 Å². The average molecular weight is 232 g/mol. The van der Waals surface area contributed by atoms with E-state index in [0.717, 1.165) is 11.2 Å². The van der Waals surface area contributed by atoms with E-state index < -0.39 is 0 Å². The minimum atomic E-state index is -0.268. The normalized spacial score (nSPS) is 12.1. The molecule has 3 heteroatoms. The molecule has 0 unspecified atom stereocenters. The summed E-state index contributed by atoms with van der Waals surface area (Å²) >= 11 is 0. The quantitative estimate of drug-likeness (QED) is 0.854. The van der Waals surface area contributed by atoms with Crippen LogP contribution in [0.5, 0.6) is 0 Å². The van der Waals surface area contributed by atoms with Crippen LogP contribution in [0.2, 0.25) is 0 Å². The van der Waals surface area contributed by atoms with Crippen molar-refractivity contribution in [1.82, 2.24) is 4.98 Å². The molecule has 2 aromatic rings. The maximum atomic E-state index is 9.47. The van der Waals surface area contributed by atoms with Gasteiger partial charge in [-0.15, -0.1) is 0 Å². The van der Waals surface area contributed by atoms with E-state index in [2.05, 4.69) is 28.9 Å². The molecule has 1 aromatic carbocycles. The highest BCUT2D eigenvalue weighted by molar-refractivity contribution is 5.95. The molecule has 0 radical (unpaired) electrons. The van der Waals surface area contributed by atoms with E-state index in [1.165, 1.54) is 11.1 Å². The second-order valence-corrected chi connectivity index (χ2v) is 5.17. The Morgan fingerprint density at radius 2 is 1.94 bits per heavy atom. The highest BCUT2D eigenvalue weighted by Crippen LogP contribution is 2.33. The SMILES string of the molecule is Cc1[nH]c2ccccc2c1N(C)C(C)(C)CO. The number of fused-ring (bicyclic) bond motifs is 1. The van der Waals surface area contributed by atoms with Crippen LogP contribution in [0, 0.1) is 6.92 Å². The second kappa shape index (κ2) is 4.08. The zero-order valence-electron chi connectivity index (χ0n) is 10.9. The molecule has 3 nitrogen and oxygen atoms in total. The van der Waals surface area contributed by atoms with E-state index in [1.807, 2.05) is 33.0 Å². The largest absolute Gasteiger partial charge is 0.394 e. The molecule has 0 aliphatic heterocycles. The monoisotopic (exact) mass is 232 g/mol. The molecule has 0 amide bonds. The molecule has 1 heterocycles. The topological polar surface area (TPSA) is 39.3 Å². The number of hydrogen-bond donors (Lipinski definition) is 2. The van der Waals surface area contributed by atoms with Gasteiger partial charge in [-0.05, 0) is 26.8 Å². The van der Waals surface area contributed by atoms with Gasteiger partial charge in [0, 0.05) is 23.6 Å². The summed E-state index contributed by atoms with van der Waals surface area (Å²) in [5, 5.41) is 10.7. The molecule has 2 rings (SSSR count). The number of anilines is 1. The summed E-state index contributed by atoms with van der Waals surface area (Å²) < 4.78 is 0. The van der Waals surface area contributed by atoms with Gasteiger partial charge in [-0.3, -0.25) is 0 Å². The summed E-state index contributed by atoms with van der Waals surface area (Å²) in [6.07, 6.45) is 0. The minimum absolute atomic E-state index is 0.127. The predicted octanol–water partition coefficient (Wildman–Crippen LogP) is 2.68. The van der Waals surface area contributed by atoms with E-state index in [4.69, 9.17) is 0 Å². The van der Waals surface area contributed by atoms with Gasteiger partial charge in [0.05, 0.1) is 17.8 Å². The van der Waals surface area contributed by atoms with Crippen LogP contribution in [-0.4, -0.2) is 29.3 Å². The molecule has 0 spiro atoms. The number of nitrogens with one attached hydrogen (secondary N) is 1. The maximum Gasteiger partial charge on any atom is 0.0658 e. The number of benzene rings is 1. The van der Waals surface area contributed by atoms with Crippen LogP contribution in [-0.2, 0) is 0 Å². The molecule has 1 aromatic heterocycles. The third-order valence-corrected chi connectivity index (χ3v) is 3.49. The smallest absolute Gasteiger partial charge is 0.0658 e. The predicted molar refractivity (Wildman–Crippen MR) is 72.6 cm³/mol. The Hall–Kier alpha value is -1.48. The number of H-pyrrole nitrogens is 1. The minimum Gasteiger partial charge on any atom is -0.394 e. The lowest BCUT2D eigenvalue weighted by atomic mass is 10.0. The molecule has 2 N–H and O–H groups in total. The molecule has 0 bridgehead atoms. The van der Waals surface area contributed by atoms with Gasteiger partial charge in [-0.2, -0.15) is 0 Å². The first-order valence-corrected chi connectivity index (χ1v) is 5.89. The Morgan fingerprint density at radius 1 is 1.29 bits per heavy atom. The fourth-order valence-corrected chi connectivity index (χ4v) is 2.10. The summed E-state index contributed by atoms with van der Waals surface area (Å²) in [6.45, 7) is 6.27. The number of aryl methyl sites for hydroxylation is 1. The summed E-state index contributed by atoms with van der Waals surface area (Å²) in [5.41, 5.74) is 3.17. The summed E-state index contributed by atoms with van der Waals surface area (Å²) in [4.78, 5) is 5.52. The zero-order valence-corrected chi connectivity index (χ0v) is 10.9. The van der Waals surface area contributed by atoms with Gasteiger partial charge in [0.25, 0.3) is 0 Å². The first kappa shape index (κ1) is 12.0. The van der Waals surface area contributed by atoms with Gasteiger partial charge in [0.1, 0.15) is 0 Å². The number of aromatic amines is 1. The van der Waals surface area contributed by atoms with Gasteiger partial charge in [0.2, 0.25) is 0 Å². The van der Waals surface area contributed by atoms with E-state index >= 15 is 0 Å². The number of aliphatic hydroxyl groups is 1. The van der Waals surface area contributed by atoms with Gasteiger partial charge in [-0.25, -0.2) is 0 Å². The lowest BCUT2D eigenvalue weighted by Crippen LogP contribution is -2.44. The standard InChI is InChI=1S/C14H20N2O/c1-10-13(16(4)14(2,3)9-17)11-7-5-6-8-12(11)15-10/h5-8,15,17H,9H2,1-4H3. The van der Waals surface area contributed by atoms with Crippen molar-refractivity contribution in [2.24, 2.45) is 0 Å². The van der Waals surface area contributed by atoms with Crippen LogP contribution < -0.4 is 4.90 Å². The molecular weight excluding hydrogens is 212 g/mol. The van der Waals surface area contributed by atoms with E-state index in [0.29, 0.717) is 0 Å². The van der Waals surface area contributed by atoms with Crippen molar-refractivity contribution >= 4 is 16.6 Å². The maximum absolute atomic E-state index is 9.47. The van der Waals surface area contributed by atoms with Crippen molar-refractivity contribution in [3.63, 3.8) is 0 Å². The number of hydrogen-bond acceptors (Lipinski definition) is 2. The third-order valence-electron chi connectivity index (χ3n) is 3.49. The Morgan fingerprint density at radius 3 is 2.59 bits per heavy atom. The summed E-state index contributed by atoms with van der Waals surface area (Å²) in [7, 11) is 2.03. The lowest BCUT2D eigenvalue weighted by molar-refractivity contribution is 0.216. The van der Waals surface area contributed by atoms with E-state index in [1.54, 1.807) is 0 Å². The molecule has 0 fully saturated rings. The molecule has 92 valence electrons. The molecule has 0 aliphatic carbocycles. The number of nitrogens with zero attached hydrogens (tertiary/aromatic N) is 1. The van der Waals surface area contributed by atoms with Gasteiger partial charge >= 0.3 is 0 Å². The average Bonchev–Trinajstić information content (AvgIpc) is 2.64. The Balaban J connectivity index is 2.59. The number of rotatable bonds is 3. The van der Waals surface area contributed by atoms with E-state index in [9.17, 15) is 5.11 Å². The van der Waals surface area contributed by atoms with Crippen molar-refractivity contribution in [2.45, 2.75) is 26.3 Å². The van der Waals surface area contributed by atoms with Crippen LogP contribution in [0.1, 0.15) is 19.5 Å². The third kappa shape index (κ3) is 1.91. The number of aromatic nitrogens is 1. The molecule has 0 aliphatic rings. The molecular formula is C14H20N2O. The Labute approximate surface area is 102 Å². The molecule has 17 heavy (non-hydrogen) atoms. The fraction of sp³-hybridized carbons (Fsp3) is 0.429. The van der Waals surface area contributed by atoms with Gasteiger partial charge < -0.3 is 15.0 Å². The van der Waals surface area contributed by atoms with E-state index in [-0.39, 0.29) is 12.1 Å². The second-order valence-electron chi connectivity index (χ2n) is 5.17. The first-order chi connectivity index (χ1) is 7.97. The number of para-hydroxylation sites is 1. The highest BCUT2D eigenvalue weighted by atomic mass is 16.3. The van der Waals surface area contributed by atoms with Crippen LogP contribution >= 0.6 is 0 Å². The number of aliphatic hydroxyl groups excluding tert-OH is 1. The summed E-state index contributed by atoms with van der Waals surface area (Å²) in [6, 6.07) is 8.25. The highest BCUT2D eigenvalue weighted by Gasteiger charge is 2.26. The zero-order chi connectivity index (χ0) is 12.6. The van der Waals surface area contributed by atoms with Crippen molar-refractivity contribution in [3.8, 4) is 0 Å². The Bertz CT molecular complexity index is 528. The van der Waals surface area contributed by atoms with Crippen LogP contribution in [0.4, 0.5) is 5.69 Å². The van der Waals surface area contributed by atoms with Gasteiger partial charge in [0.15, 0.2) is 0 Å².